The maximum atomic E-state index is 12.6. The molecule has 0 atom stereocenters. The smallest absolute Gasteiger partial charge is 0.264 e. The van der Waals surface area contributed by atoms with E-state index in [-0.39, 0.29) is 6.54 Å². The Morgan fingerprint density at radius 1 is 1.04 bits per heavy atom. The van der Waals surface area contributed by atoms with Crippen LogP contribution < -0.4 is 0 Å². The molecule has 1 aromatic carbocycles. The quantitative estimate of drug-likeness (QED) is 0.570. The minimum absolute atomic E-state index is 0.0477. The van der Waals surface area contributed by atoms with Gasteiger partial charge in [-0.15, -0.1) is 5.10 Å². The summed E-state index contributed by atoms with van der Waals surface area (Å²) in [7, 11) is 0. The Kier molecular flexibility index (Phi) is 2.83. The van der Waals surface area contributed by atoms with Crippen molar-refractivity contribution in [2.75, 3.05) is 0 Å². The second-order valence-corrected chi connectivity index (χ2v) is 4.95. The van der Waals surface area contributed by atoms with Crippen molar-refractivity contribution in [3.05, 3.63) is 54.4 Å². The fourth-order valence-corrected chi connectivity index (χ4v) is 2.34. The van der Waals surface area contributed by atoms with Crippen LogP contribution in [0.4, 0.5) is 13.2 Å². The lowest BCUT2D eigenvalue weighted by Crippen LogP contribution is -2.09. The van der Waals surface area contributed by atoms with Gasteiger partial charge in [0.05, 0.1) is 5.52 Å². The molecular weight excluding hydrogens is 309 g/mol. The molecule has 23 heavy (non-hydrogen) atoms. The summed E-state index contributed by atoms with van der Waals surface area (Å²) in [6, 6.07) is 8.37. The van der Waals surface area contributed by atoms with Crippen LogP contribution >= 0.6 is 0 Å². The van der Waals surface area contributed by atoms with E-state index in [9.17, 15) is 13.2 Å². The van der Waals surface area contributed by atoms with Crippen LogP contribution in [0.2, 0.25) is 0 Å². The first-order valence-corrected chi connectivity index (χ1v) is 6.70. The highest BCUT2D eigenvalue weighted by atomic mass is 19.4. The Morgan fingerprint density at radius 3 is 2.65 bits per heavy atom. The molecule has 0 bridgehead atoms. The van der Waals surface area contributed by atoms with Gasteiger partial charge in [-0.3, -0.25) is 4.68 Å². The molecule has 3 aromatic heterocycles. The van der Waals surface area contributed by atoms with Crippen molar-refractivity contribution in [3.63, 3.8) is 0 Å². The van der Waals surface area contributed by atoms with E-state index in [0.717, 1.165) is 21.7 Å². The number of para-hydroxylation sites is 1. The molecular formula is C14H9F3N6. The van der Waals surface area contributed by atoms with E-state index in [1.807, 2.05) is 24.3 Å². The lowest BCUT2D eigenvalue weighted by Gasteiger charge is -2.00. The lowest BCUT2D eigenvalue weighted by atomic mass is 10.2. The Labute approximate surface area is 127 Å². The minimum atomic E-state index is -4.46. The number of hydrogen-bond acceptors (Lipinski definition) is 4. The van der Waals surface area contributed by atoms with Gasteiger partial charge in [-0.25, -0.2) is 14.5 Å². The highest BCUT2D eigenvalue weighted by Gasteiger charge is 2.33. The van der Waals surface area contributed by atoms with Crippen LogP contribution in [0.1, 0.15) is 11.5 Å². The SMILES string of the molecule is FC(F)(F)c1ccn(Cc2nc3c4ccccc4ncn3n2)n1. The third-order valence-electron chi connectivity index (χ3n) is 3.36. The Bertz CT molecular complexity index is 1000. The molecule has 0 radical (unpaired) electrons. The molecule has 0 aliphatic rings. The highest BCUT2D eigenvalue weighted by Crippen LogP contribution is 2.27. The van der Waals surface area contributed by atoms with Crippen LogP contribution in [0.5, 0.6) is 0 Å². The van der Waals surface area contributed by atoms with Gasteiger partial charge in [-0.1, -0.05) is 12.1 Å². The van der Waals surface area contributed by atoms with E-state index < -0.39 is 11.9 Å². The van der Waals surface area contributed by atoms with Gasteiger partial charge in [0, 0.05) is 11.6 Å². The first-order valence-electron chi connectivity index (χ1n) is 6.70. The summed E-state index contributed by atoms with van der Waals surface area (Å²) >= 11 is 0. The number of hydrogen-bond donors (Lipinski definition) is 0. The van der Waals surface area contributed by atoms with E-state index in [2.05, 4.69) is 20.2 Å². The Morgan fingerprint density at radius 2 is 1.87 bits per heavy atom. The van der Waals surface area contributed by atoms with Gasteiger partial charge in [0.1, 0.15) is 12.9 Å². The van der Waals surface area contributed by atoms with Crippen LogP contribution in [0.15, 0.2) is 42.9 Å². The molecule has 0 amide bonds. The molecule has 116 valence electrons. The Balaban J connectivity index is 1.72. The predicted molar refractivity (Wildman–Crippen MR) is 74.6 cm³/mol. The van der Waals surface area contributed by atoms with Crippen molar-refractivity contribution < 1.29 is 13.2 Å². The number of alkyl halides is 3. The van der Waals surface area contributed by atoms with E-state index in [0.29, 0.717) is 11.5 Å². The summed E-state index contributed by atoms with van der Waals surface area (Å²) in [5, 5.41) is 8.55. The molecule has 9 heteroatoms. The molecule has 0 saturated carbocycles. The van der Waals surface area contributed by atoms with Gasteiger partial charge in [-0.2, -0.15) is 18.3 Å². The van der Waals surface area contributed by atoms with Gasteiger partial charge in [-0.05, 0) is 18.2 Å². The zero-order chi connectivity index (χ0) is 16.0. The number of halogens is 3. The van der Waals surface area contributed by atoms with Gasteiger partial charge in [0.25, 0.3) is 0 Å². The number of rotatable bonds is 2. The summed E-state index contributed by atoms with van der Waals surface area (Å²) in [5.74, 6) is 0.361. The Hall–Kier alpha value is -2.97. The lowest BCUT2D eigenvalue weighted by molar-refractivity contribution is -0.141. The third kappa shape index (κ3) is 2.39. The molecule has 6 nitrogen and oxygen atoms in total. The van der Waals surface area contributed by atoms with Gasteiger partial charge in [0.15, 0.2) is 17.2 Å². The molecule has 0 saturated heterocycles. The summed E-state index contributed by atoms with van der Waals surface area (Å²) in [6.07, 6.45) is -1.68. The second-order valence-electron chi connectivity index (χ2n) is 4.95. The van der Waals surface area contributed by atoms with Crippen LogP contribution in [0, 0.1) is 0 Å². The van der Waals surface area contributed by atoms with Crippen molar-refractivity contribution in [2.45, 2.75) is 12.7 Å². The molecule has 0 aliphatic carbocycles. The molecule has 4 aromatic rings. The van der Waals surface area contributed by atoms with Crippen LogP contribution in [0.3, 0.4) is 0 Å². The highest BCUT2D eigenvalue weighted by molar-refractivity contribution is 5.90. The van der Waals surface area contributed by atoms with Crippen LogP contribution in [0.25, 0.3) is 16.6 Å². The fraction of sp³-hybridized carbons (Fsp3) is 0.143. The fourth-order valence-electron chi connectivity index (χ4n) is 2.34. The monoisotopic (exact) mass is 318 g/mol. The van der Waals surface area contributed by atoms with Crippen molar-refractivity contribution in [1.29, 1.82) is 0 Å². The maximum Gasteiger partial charge on any atom is 0.435 e. The minimum Gasteiger partial charge on any atom is -0.264 e. The largest absolute Gasteiger partial charge is 0.435 e. The first kappa shape index (κ1) is 13.7. The summed E-state index contributed by atoms with van der Waals surface area (Å²) < 4.78 is 40.4. The normalized spacial score (nSPS) is 12.3. The van der Waals surface area contributed by atoms with Gasteiger partial charge < -0.3 is 0 Å². The average Bonchev–Trinajstić information content (AvgIpc) is 3.13. The zero-order valence-corrected chi connectivity index (χ0v) is 11.6. The zero-order valence-electron chi connectivity index (χ0n) is 11.6. The predicted octanol–water partition coefficient (Wildman–Crippen LogP) is 2.54. The molecule has 0 N–H and O–H groups in total. The molecule has 0 spiro atoms. The number of nitrogens with zero attached hydrogens (tertiary/aromatic N) is 6. The van der Waals surface area contributed by atoms with E-state index >= 15 is 0 Å². The standard InChI is InChI=1S/C14H9F3N6/c15-14(16,17)11-5-6-22(20-11)7-12-19-13-9-3-1-2-4-10(9)18-8-23(13)21-12/h1-6,8H,7H2. The summed E-state index contributed by atoms with van der Waals surface area (Å²) in [5.41, 5.74) is 0.444. The van der Waals surface area contributed by atoms with Crippen molar-refractivity contribution in [3.8, 4) is 0 Å². The maximum absolute atomic E-state index is 12.6. The van der Waals surface area contributed by atoms with Crippen molar-refractivity contribution in [2.24, 2.45) is 0 Å². The molecule has 0 aliphatic heterocycles. The summed E-state index contributed by atoms with van der Waals surface area (Å²) in [4.78, 5) is 8.63. The van der Waals surface area contributed by atoms with E-state index in [1.165, 1.54) is 17.0 Å². The molecule has 3 heterocycles. The third-order valence-corrected chi connectivity index (χ3v) is 3.36. The molecule has 0 unspecified atom stereocenters. The van der Waals surface area contributed by atoms with Crippen molar-refractivity contribution in [1.82, 2.24) is 29.4 Å². The van der Waals surface area contributed by atoms with Crippen molar-refractivity contribution >= 4 is 16.6 Å². The number of fused-ring (bicyclic) bond motifs is 3. The van der Waals surface area contributed by atoms with Crippen LogP contribution in [-0.4, -0.2) is 29.4 Å². The number of benzene rings is 1. The second kappa shape index (κ2) is 4.77. The topological polar surface area (TPSA) is 60.9 Å². The van der Waals surface area contributed by atoms with E-state index in [1.54, 1.807) is 0 Å². The van der Waals surface area contributed by atoms with E-state index in [4.69, 9.17) is 0 Å². The molecule has 4 rings (SSSR count). The van der Waals surface area contributed by atoms with Gasteiger partial charge in [0.2, 0.25) is 0 Å². The average molecular weight is 318 g/mol. The van der Waals surface area contributed by atoms with Gasteiger partial charge >= 0.3 is 6.18 Å². The first-order chi connectivity index (χ1) is 11.0. The molecule has 0 fully saturated rings. The number of aromatic nitrogens is 6. The summed E-state index contributed by atoms with van der Waals surface area (Å²) in [6.45, 7) is 0.0477. The van der Waals surface area contributed by atoms with Crippen LogP contribution in [-0.2, 0) is 12.7 Å².